The number of aliphatic hydroxyl groups is 1. The Kier molecular flexibility index (Phi) is 2.61. The quantitative estimate of drug-likeness (QED) is 0.751. The highest BCUT2D eigenvalue weighted by atomic mass is 16.3. The summed E-state index contributed by atoms with van der Waals surface area (Å²) in [6, 6.07) is 7.46. The Bertz CT molecular complexity index is 376. The molecule has 2 nitrogen and oxygen atoms in total. The van der Waals surface area contributed by atoms with Crippen molar-refractivity contribution in [2.24, 2.45) is 0 Å². The number of ketones is 1. The molecule has 2 rings (SSSR count). The van der Waals surface area contributed by atoms with Gasteiger partial charge in [0, 0.05) is 5.56 Å². The topological polar surface area (TPSA) is 37.3 Å². The van der Waals surface area contributed by atoms with Crippen molar-refractivity contribution in [3.63, 3.8) is 0 Å². The number of carbonyl (C=O) groups is 1. The smallest absolute Gasteiger partial charge is 0.194 e. The molecule has 0 amide bonds. The van der Waals surface area contributed by atoms with Crippen LogP contribution in [0.1, 0.15) is 41.6 Å². The highest BCUT2D eigenvalue weighted by molar-refractivity contribution is 6.03. The SMILES string of the molecule is Cc1ccccc1C(=O)C1(O)CCCC1. The van der Waals surface area contributed by atoms with Crippen molar-refractivity contribution in [2.75, 3.05) is 0 Å². The van der Waals surface area contributed by atoms with Gasteiger partial charge in [-0.25, -0.2) is 0 Å². The van der Waals surface area contributed by atoms with E-state index in [0.29, 0.717) is 18.4 Å². The Balaban J connectivity index is 2.32. The largest absolute Gasteiger partial charge is 0.382 e. The maximum Gasteiger partial charge on any atom is 0.194 e. The van der Waals surface area contributed by atoms with Crippen molar-refractivity contribution < 1.29 is 9.90 Å². The number of aryl methyl sites for hydroxylation is 1. The number of carbonyl (C=O) groups excluding carboxylic acids is 1. The first-order valence-electron chi connectivity index (χ1n) is 5.46. The molecule has 0 bridgehead atoms. The molecular weight excluding hydrogens is 188 g/mol. The van der Waals surface area contributed by atoms with Gasteiger partial charge in [0.15, 0.2) is 5.78 Å². The summed E-state index contributed by atoms with van der Waals surface area (Å²) in [5, 5.41) is 10.2. The average Bonchev–Trinajstić information content (AvgIpc) is 2.66. The molecule has 0 unspecified atom stereocenters. The second-order valence-corrected chi connectivity index (χ2v) is 4.38. The number of rotatable bonds is 2. The standard InChI is InChI=1S/C13H16O2/c1-10-6-2-3-7-11(10)12(14)13(15)8-4-5-9-13/h2-3,6-7,15H,4-5,8-9H2,1H3. The molecule has 0 radical (unpaired) electrons. The number of benzene rings is 1. The third-order valence-electron chi connectivity index (χ3n) is 3.24. The summed E-state index contributed by atoms with van der Waals surface area (Å²) in [6.45, 7) is 1.91. The van der Waals surface area contributed by atoms with Gasteiger partial charge in [-0.05, 0) is 38.2 Å². The second kappa shape index (κ2) is 3.78. The molecule has 0 saturated heterocycles. The lowest BCUT2D eigenvalue weighted by molar-refractivity contribution is 0.0352. The molecule has 80 valence electrons. The lowest BCUT2D eigenvalue weighted by Crippen LogP contribution is -2.35. The van der Waals surface area contributed by atoms with Crippen LogP contribution < -0.4 is 0 Å². The van der Waals surface area contributed by atoms with Gasteiger partial charge in [0.25, 0.3) is 0 Å². The average molecular weight is 204 g/mol. The lowest BCUT2D eigenvalue weighted by atomic mass is 9.89. The first-order valence-corrected chi connectivity index (χ1v) is 5.46. The van der Waals surface area contributed by atoms with E-state index in [2.05, 4.69) is 0 Å². The molecule has 1 aromatic rings. The Labute approximate surface area is 89.9 Å². The Morgan fingerprint density at radius 1 is 1.27 bits per heavy atom. The van der Waals surface area contributed by atoms with E-state index in [-0.39, 0.29) is 5.78 Å². The molecule has 0 atom stereocenters. The second-order valence-electron chi connectivity index (χ2n) is 4.38. The Morgan fingerprint density at radius 3 is 2.47 bits per heavy atom. The Morgan fingerprint density at radius 2 is 1.87 bits per heavy atom. The van der Waals surface area contributed by atoms with Crippen LogP contribution in [0.15, 0.2) is 24.3 Å². The molecule has 0 aromatic heterocycles. The first-order chi connectivity index (χ1) is 7.13. The van der Waals surface area contributed by atoms with E-state index in [1.165, 1.54) is 0 Å². The highest BCUT2D eigenvalue weighted by Gasteiger charge is 2.39. The van der Waals surface area contributed by atoms with Crippen molar-refractivity contribution >= 4 is 5.78 Å². The summed E-state index contributed by atoms with van der Waals surface area (Å²) in [6.07, 6.45) is 3.13. The van der Waals surface area contributed by atoms with Gasteiger partial charge in [0.1, 0.15) is 5.60 Å². The van der Waals surface area contributed by atoms with Crippen LogP contribution in [0.25, 0.3) is 0 Å². The van der Waals surface area contributed by atoms with Gasteiger partial charge in [0.2, 0.25) is 0 Å². The summed E-state index contributed by atoms with van der Waals surface area (Å²) >= 11 is 0. The van der Waals surface area contributed by atoms with E-state index in [1.807, 2.05) is 25.1 Å². The van der Waals surface area contributed by atoms with Gasteiger partial charge in [-0.3, -0.25) is 4.79 Å². The predicted octanol–water partition coefficient (Wildman–Crippen LogP) is 2.48. The van der Waals surface area contributed by atoms with Crippen molar-refractivity contribution in [2.45, 2.75) is 38.2 Å². The normalized spacial score (nSPS) is 19.1. The van der Waals surface area contributed by atoms with Gasteiger partial charge >= 0.3 is 0 Å². The van der Waals surface area contributed by atoms with Crippen LogP contribution in [0.5, 0.6) is 0 Å². The van der Waals surface area contributed by atoms with Gasteiger partial charge in [0.05, 0.1) is 0 Å². The van der Waals surface area contributed by atoms with E-state index in [1.54, 1.807) is 6.07 Å². The van der Waals surface area contributed by atoms with E-state index in [4.69, 9.17) is 0 Å². The van der Waals surface area contributed by atoms with Crippen LogP contribution in [0.4, 0.5) is 0 Å². The summed E-state index contributed by atoms with van der Waals surface area (Å²) in [5.41, 5.74) is 0.524. The summed E-state index contributed by atoms with van der Waals surface area (Å²) in [7, 11) is 0. The molecule has 1 aliphatic carbocycles. The van der Waals surface area contributed by atoms with Crippen molar-refractivity contribution in [3.8, 4) is 0 Å². The van der Waals surface area contributed by atoms with Crippen LogP contribution in [-0.2, 0) is 0 Å². The minimum absolute atomic E-state index is 0.0990. The zero-order valence-corrected chi connectivity index (χ0v) is 8.99. The molecule has 0 spiro atoms. The highest BCUT2D eigenvalue weighted by Crippen LogP contribution is 2.33. The molecule has 1 fully saturated rings. The molecule has 2 heteroatoms. The van der Waals surface area contributed by atoms with Crippen LogP contribution in [0.3, 0.4) is 0 Å². The summed E-state index contributed by atoms with van der Waals surface area (Å²) in [5.74, 6) is -0.0990. The number of hydrogen-bond donors (Lipinski definition) is 1. The van der Waals surface area contributed by atoms with Crippen molar-refractivity contribution in [1.82, 2.24) is 0 Å². The minimum atomic E-state index is -1.09. The molecule has 1 aliphatic rings. The fourth-order valence-electron chi connectivity index (χ4n) is 2.27. The molecule has 1 saturated carbocycles. The van der Waals surface area contributed by atoms with E-state index in [0.717, 1.165) is 18.4 Å². The maximum absolute atomic E-state index is 12.1. The summed E-state index contributed by atoms with van der Waals surface area (Å²) < 4.78 is 0. The Hall–Kier alpha value is -1.15. The first kappa shape index (κ1) is 10.4. The third-order valence-corrected chi connectivity index (χ3v) is 3.24. The molecule has 15 heavy (non-hydrogen) atoms. The van der Waals surface area contributed by atoms with Gasteiger partial charge in [-0.15, -0.1) is 0 Å². The van der Waals surface area contributed by atoms with Crippen LogP contribution in [-0.4, -0.2) is 16.5 Å². The molecule has 1 N–H and O–H groups in total. The van der Waals surface area contributed by atoms with E-state index >= 15 is 0 Å². The van der Waals surface area contributed by atoms with Gasteiger partial charge in [-0.2, -0.15) is 0 Å². The number of hydrogen-bond acceptors (Lipinski definition) is 2. The van der Waals surface area contributed by atoms with Crippen LogP contribution in [0.2, 0.25) is 0 Å². The maximum atomic E-state index is 12.1. The van der Waals surface area contributed by atoms with Gasteiger partial charge < -0.3 is 5.11 Å². The molecule has 1 aromatic carbocycles. The third kappa shape index (κ3) is 1.82. The van der Waals surface area contributed by atoms with Crippen LogP contribution >= 0.6 is 0 Å². The van der Waals surface area contributed by atoms with Crippen LogP contribution in [0, 0.1) is 6.92 Å². The fraction of sp³-hybridized carbons (Fsp3) is 0.462. The lowest BCUT2D eigenvalue weighted by Gasteiger charge is -2.21. The van der Waals surface area contributed by atoms with Crippen molar-refractivity contribution in [3.05, 3.63) is 35.4 Å². The van der Waals surface area contributed by atoms with Crippen molar-refractivity contribution in [1.29, 1.82) is 0 Å². The minimum Gasteiger partial charge on any atom is -0.382 e. The fourth-order valence-corrected chi connectivity index (χ4v) is 2.27. The van der Waals surface area contributed by atoms with E-state index < -0.39 is 5.60 Å². The molecule has 0 aliphatic heterocycles. The molecular formula is C13H16O2. The van der Waals surface area contributed by atoms with E-state index in [9.17, 15) is 9.90 Å². The van der Waals surface area contributed by atoms with Gasteiger partial charge in [-0.1, -0.05) is 24.3 Å². The zero-order chi connectivity index (χ0) is 10.9. The predicted molar refractivity (Wildman–Crippen MR) is 58.9 cm³/mol. The summed E-state index contributed by atoms with van der Waals surface area (Å²) in [4.78, 5) is 12.1. The monoisotopic (exact) mass is 204 g/mol. The zero-order valence-electron chi connectivity index (χ0n) is 8.99. The molecule has 0 heterocycles. The number of Topliss-reactive ketones (excluding diaryl/α,β-unsaturated/α-hetero) is 1.